The van der Waals surface area contributed by atoms with Gasteiger partial charge in [0.1, 0.15) is 5.82 Å². The fraction of sp³-hybridized carbons (Fsp3) is 0.273. The molecule has 0 atom stereocenters. The lowest BCUT2D eigenvalue weighted by Gasteiger charge is -2.25. The fourth-order valence-electron chi connectivity index (χ4n) is 3.30. The molecule has 5 nitrogen and oxygen atoms in total. The van der Waals surface area contributed by atoms with Crippen molar-refractivity contribution in [2.24, 2.45) is 0 Å². The van der Waals surface area contributed by atoms with Gasteiger partial charge in [-0.15, -0.1) is 0 Å². The molecule has 2 N–H and O–H groups in total. The second kappa shape index (κ2) is 7.27. The molecule has 0 saturated heterocycles. The lowest BCUT2D eigenvalue weighted by molar-refractivity contribution is -0.127. The number of benzene rings is 2. The molecule has 3 aromatic rings. The summed E-state index contributed by atoms with van der Waals surface area (Å²) in [5.41, 5.74) is 12.7. The van der Waals surface area contributed by atoms with Gasteiger partial charge in [0.2, 0.25) is 5.91 Å². The van der Waals surface area contributed by atoms with Gasteiger partial charge in [0.15, 0.2) is 0 Å². The number of anilines is 2. The number of nitrogens with two attached hydrogens (primary N) is 1. The van der Waals surface area contributed by atoms with Gasteiger partial charge >= 0.3 is 0 Å². The van der Waals surface area contributed by atoms with Crippen LogP contribution < -0.4 is 10.6 Å². The molecule has 1 amide bonds. The summed E-state index contributed by atoms with van der Waals surface area (Å²) in [5.74, 6) is 0.754. The lowest BCUT2D eigenvalue weighted by Crippen LogP contribution is -2.36. The Kier molecular flexibility index (Phi) is 5.04. The Morgan fingerprint density at radius 3 is 2.41 bits per heavy atom. The number of hydrogen-bond acceptors (Lipinski definition) is 4. The Morgan fingerprint density at radius 1 is 1.11 bits per heavy atom. The van der Waals surface area contributed by atoms with Crippen molar-refractivity contribution in [1.29, 1.82) is 0 Å². The third-order valence-corrected chi connectivity index (χ3v) is 5.05. The van der Waals surface area contributed by atoms with Crippen molar-refractivity contribution in [2.75, 3.05) is 31.4 Å². The molecule has 0 aliphatic carbocycles. The van der Waals surface area contributed by atoms with Crippen LogP contribution in [0, 0.1) is 13.8 Å². The van der Waals surface area contributed by atoms with E-state index in [0.717, 1.165) is 27.8 Å². The number of rotatable bonds is 4. The number of aryl methyl sites for hydroxylation is 1. The highest BCUT2D eigenvalue weighted by Crippen LogP contribution is 2.37. The highest BCUT2D eigenvalue weighted by Gasteiger charge is 2.16. The van der Waals surface area contributed by atoms with Crippen LogP contribution in [0.15, 0.2) is 42.5 Å². The van der Waals surface area contributed by atoms with E-state index in [-0.39, 0.29) is 5.91 Å². The van der Waals surface area contributed by atoms with Crippen LogP contribution in [-0.2, 0) is 4.79 Å². The molecule has 5 heteroatoms. The van der Waals surface area contributed by atoms with Crippen LogP contribution in [0.5, 0.6) is 0 Å². The van der Waals surface area contributed by atoms with Crippen LogP contribution in [0.2, 0.25) is 0 Å². The monoisotopic (exact) mass is 362 g/mol. The van der Waals surface area contributed by atoms with E-state index in [1.807, 2.05) is 36.2 Å². The van der Waals surface area contributed by atoms with E-state index in [4.69, 9.17) is 10.7 Å². The van der Waals surface area contributed by atoms with Crippen molar-refractivity contribution in [3.63, 3.8) is 0 Å². The summed E-state index contributed by atoms with van der Waals surface area (Å²) in [5, 5.41) is 0.973. The minimum Gasteiger partial charge on any atom is -0.398 e. The Labute approximate surface area is 160 Å². The Balaban J connectivity index is 2.17. The standard InChI is InChI=1S/C22H26N4O/c1-14-11-19-22(21(15(14)2)17-9-7-6-8-10-17)18(23)12-20(24-19)26(5)13-25(4)16(3)27/h6-12H,13H2,1-5H3,(H2,23,24). The van der Waals surface area contributed by atoms with Crippen LogP contribution >= 0.6 is 0 Å². The van der Waals surface area contributed by atoms with E-state index in [1.54, 1.807) is 18.9 Å². The van der Waals surface area contributed by atoms with E-state index in [0.29, 0.717) is 12.4 Å². The van der Waals surface area contributed by atoms with E-state index in [2.05, 4.69) is 32.0 Å². The molecular weight excluding hydrogens is 336 g/mol. The maximum absolute atomic E-state index is 11.5. The number of hydrogen-bond donors (Lipinski definition) is 1. The Bertz CT molecular complexity index is 998. The third-order valence-electron chi connectivity index (χ3n) is 5.05. The van der Waals surface area contributed by atoms with Gasteiger partial charge in [-0.1, -0.05) is 30.3 Å². The van der Waals surface area contributed by atoms with Crippen molar-refractivity contribution < 1.29 is 4.79 Å². The zero-order chi connectivity index (χ0) is 19.7. The smallest absolute Gasteiger partial charge is 0.220 e. The number of amides is 1. The Hall–Kier alpha value is -3.08. The molecule has 140 valence electrons. The maximum atomic E-state index is 11.5. The number of nitrogens with zero attached hydrogens (tertiary/aromatic N) is 3. The van der Waals surface area contributed by atoms with Crippen LogP contribution in [0.4, 0.5) is 11.5 Å². The lowest BCUT2D eigenvalue weighted by atomic mass is 9.92. The fourth-order valence-corrected chi connectivity index (χ4v) is 3.30. The van der Waals surface area contributed by atoms with E-state index >= 15 is 0 Å². The molecule has 1 aromatic heterocycles. The molecule has 0 saturated carbocycles. The molecule has 2 aromatic carbocycles. The molecule has 0 unspecified atom stereocenters. The first kappa shape index (κ1) is 18.7. The van der Waals surface area contributed by atoms with Crippen molar-refractivity contribution >= 4 is 28.3 Å². The first-order chi connectivity index (χ1) is 12.8. The van der Waals surface area contributed by atoms with Crippen LogP contribution in [0.25, 0.3) is 22.0 Å². The summed E-state index contributed by atoms with van der Waals surface area (Å²) in [6, 6.07) is 14.2. The van der Waals surface area contributed by atoms with Gasteiger partial charge in [0.25, 0.3) is 0 Å². The molecule has 0 radical (unpaired) electrons. The zero-order valence-corrected chi connectivity index (χ0v) is 16.6. The first-order valence-corrected chi connectivity index (χ1v) is 8.98. The molecule has 1 heterocycles. The largest absolute Gasteiger partial charge is 0.398 e. The van der Waals surface area contributed by atoms with Gasteiger partial charge in [-0.25, -0.2) is 4.98 Å². The number of carbonyl (C=O) groups excluding carboxylic acids is 1. The highest BCUT2D eigenvalue weighted by atomic mass is 16.2. The number of fused-ring (bicyclic) bond motifs is 1. The summed E-state index contributed by atoms with van der Waals surface area (Å²) < 4.78 is 0. The third kappa shape index (κ3) is 3.58. The van der Waals surface area contributed by atoms with Crippen LogP contribution in [-0.4, -0.2) is 36.6 Å². The van der Waals surface area contributed by atoms with Crippen LogP contribution in [0.3, 0.4) is 0 Å². The first-order valence-electron chi connectivity index (χ1n) is 8.98. The number of nitrogen functional groups attached to an aromatic ring is 1. The molecular formula is C22H26N4O. The molecule has 0 bridgehead atoms. The minimum atomic E-state index is 0.00782. The van der Waals surface area contributed by atoms with Gasteiger partial charge < -0.3 is 15.5 Å². The predicted octanol–water partition coefficient (Wildman–Crippen LogP) is 3.97. The highest BCUT2D eigenvalue weighted by molar-refractivity contribution is 6.05. The molecule has 0 fully saturated rings. The normalized spacial score (nSPS) is 10.9. The summed E-state index contributed by atoms with van der Waals surface area (Å²) in [6.45, 7) is 6.22. The summed E-state index contributed by atoms with van der Waals surface area (Å²) in [6.07, 6.45) is 0. The van der Waals surface area contributed by atoms with Crippen LogP contribution in [0.1, 0.15) is 18.1 Å². The van der Waals surface area contributed by atoms with Crippen molar-refractivity contribution in [1.82, 2.24) is 9.88 Å². The average molecular weight is 362 g/mol. The van der Waals surface area contributed by atoms with Gasteiger partial charge in [0, 0.05) is 38.2 Å². The average Bonchev–Trinajstić information content (AvgIpc) is 2.63. The van der Waals surface area contributed by atoms with E-state index < -0.39 is 0 Å². The number of carbonyl (C=O) groups is 1. The van der Waals surface area contributed by atoms with Gasteiger partial charge in [-0.05, 0) is 42.2 Å². The second-order valence-electron chi connectivity index (χ2n) is 7.08. The van der Waals surface area contributed by atoms with E-state index in [9.17, 15) is 4.79 Å². The molecule has 27 heavy (non-hydrogen) atoms. The zero-order valence-electron chi connectivity index (χ0n) is 16.6. The van der Waals surface area contributed by atoms with Crippen molar-refractivity contribution in [2.45, 2.75) is 20.8 Å². The predicted molar refractivity (Wildman–Crippen MR) is 113 cm³/mol. The molecule has 0 spiro atoms. The summed E-state index contributed by atoms with van der Waals surface area (Å²) in [7, 11) is 3.68. The minimum absolute atomic E-state index is 0.00782. The molecule has 0 aliphatic heterocycles. The van der Waals surface area contributed by atoms with Gasteiger partial charge in [-0.2, -0.15) is 0 Å². The van der Waals surface area contributed by atoms with E-state index in [1.165, 1.54) is 11.1 Å². The van der Waals surface area contributed by atoms with Gasteiger partial charge in [-0.3, -0.25) is 4.79 Å². The Morgan fingerprint density at radius 2 is 1.78 bits per heavy atom. The van der Waals surface area contributed by atoms with Crippen molar-refractivity contribution in [3.8, 4) is 11.1 Å². The maximum Gasteiger partial charge on any atom is 0.220 e. The van der Waals surface area contributed by atoms with Crippen molar-refractivity contribution in [3.05, 3.63) is 53.6 Å². The number of pyridine rings is 1. The summed E-state index contributed by atoms with van der Waals surface area (Å²) in [4.78, 5) is 19.9. The molecule has 3 rings (SSSR count). The number of aromatic nitrogens is 1. The topological polar surface area (TPSA) is 62.5 Å². The second-order valence-corrected chi connectivity index (χ2v) is 7.08. The van der Waals surface area contributed by atoms with Gasteiger partial charge in [0.05, 0.1) is 12.2 Å². The SMILES string of the molecule is CC(=O)N(C)CN(C)c1cc(N)c2c(-c3ccccc3)c(C)c(C)cc2n1. The summed E-state index contributed by atoms with van der Waals surface area (Å²) >= 11 is 0. The quantitative estimate of drug-likeness (QED) is 0.713. The molecule has 0 aliphatic rings.